The fourth-order valence-corrected chi connectivity index (χ4v) is 4.51. The largest absolute Gasteiger partial charge is 0.315 e. The number of hydrogen-bond donors (Lipinski definition) is 8. The maximum atomic E-state index is 3.60. The monoisotopic (exact) mass is 504 g/mol. The van der Waals surface area contributed by atoms with Crippen LogP contribution in [0, 0.1) is 0 Å². The molecular formula is C26H52N10. The predicted molar refractivity (Wildman–Crippen MR) is 150 cm³/mol. The van der Waals surface area contributed by atoms with Crippen molar-refractivity contribution in [3.63, 3.8) is 0 Å². The quantitative estimate of drug-likeness (QED) is 0.251. The molecule has 0 radical (unpaired) electrons. The summed E-state index contributed by atoms with van der Waals surface area (Å²) in [6.45, 7) is 17.7. The minimum atomic E-state index is 0.883. The first-order valence-electron chi connectivity index (χ1n) is 14.1. The van der Waals surface area contributed by atoms with E-state index in [1.807, 2.05) is 0 Å². The predicted octanol–water partition coefficient (Wildman–Crippen LogP) is -1.36. The lowest BCUT2D eigenvalue weighted by Gasteiger charge is -2.26. The Bertz CT molecular complexity index is 582. The Hall–Kier alpha value is -1.18. The van der Waals surface area contributed by atoms with E-state index in [1.54, 1.807) is 0 Å². The van der Waals surface area contributed by atoms with Crippen molar-refractivity contribution < 1.29 is 0 Å². The molecule has 3 rings (SSSR count). The molecule has 0 spiro atoms. The Morgan fingerprint density at radius 2 is 0.778 bits per heavy atom. The summed E-state index contributed by atoms with van der Waals surface area (Å²) in [7, 11) is 0. The molecule has 0 unspecified atom stereocenters. The summed E-state index contributed by atoms with van der Waals surface area (Å²) in [4.78, 5) is 4.91. The molecule has 1 aromatic carbocycles. The number of hydrogen-bond acceptors (Lipinski definition) is 10. The molecule has 2 heterocycles. The Kier molecular flexibility index (Phi) is 16.2. The van der Waals surface area contributed by atoms with Gasteiger partial charge in [0.15, 0.2) is 0 Å². The molecule has 0 amide bonds. The van der Waals surface area contributed by atoms with Gasteiger partial charge in [-0.15, -0.1) is 0 Å². The van der Waals surface area contributed by atoms with E-state index >= 15 is 0 Å². The lowest BCUT2D eigenvalue weighted by atomic mass is 10.1. The summed E-state index contributed by atoms with van der Waals surface area (Å²) in [5.41, 5.74) is 2.73. The minimum absolute atomic E-state index is 0.883. The summed E-state index contributed by atoms with van der Waals surface area (Å²) >= 11 is 0. The van der Waals surface area contributed by atoms with Gasteiger partial charge in [0.2, 0.25) is 0 Å². The van der Waals surface area contributed by atoms with Gasteiger partial charge in [-0.1, -0.05) is 24.3 Å². The summed E-state index contributed by atoms with van der Waals surface area (Å²) in [6.07, 6.45) is 2.36. The second-order valence-electron chi connectivity index (χ2n) is 9.82. The van der Waals surface area contributed by atoms with Crippen LogP contribution in [0.5, 0.6) is 0 Å². The van der Waals surface area contributed by atoms with Crippen LogP contribution in [0.1, 0.15) is 24.0 Å². The summed E-state index contributed by atoms with van der Waals surface area (Å²) in [5.74, 6) is 0. The van der Waals surface area contributed by atoms with Crippen molar-refractivity contribution in [1.29, 1.82) is 0 Å². The maximum Gasteiger partial charge on any atom is 0.0496 e. The Labute approximate surface area is 219 Å². The Morgan fingerprint density at radius 1 is 0.444 bits per heavy atom. The lowest BCUT2D eigenvalue weighted by Crippen LogP contribution is -2.44. The van der Waals surface area contributed by atoms with Crippen molar-refractivity contribution >= 4 is 0 Å². The number of rotatable bonds is 4. The van der Waals surface area contributed by atoms with Crippen LogP contribution in [0.3, 0.4) is 0 Å². The number of nitrogens with zero attached hydrogens (tertiary/aromatic N) is 2. The summed E-state index contributed by atoms with van der Waals surface area (Å²) in [5, 5.41) is 28.5. The molecule has 0 atom stereocenters. The average Bonchev–Trinajstić information content (AvgIpc) is 2.88. The van der Waals surface area contributed by atoms with Gasteiger partial charge in [-0.3, -0.25) is 9.80 Å². The van der Waals surface area contributed by atoms with Crippen LogP contribution in [-0.2, 0) is 13.1 Å². The highest BCUT2D eigenvalue weighted by atomic mass is 15.3. The molecule has 0 saturated carbocycles. The summed E-state index contributed by atoms with van der Waals surface area (Å²) < 4.78 is 0. The van der Waals surface area contributed by atoms with E-state index in [9.17, 15) is 0 Å². The molecule has 2 aliphatic heterocycles. The standard InChI is InChI=1S/C26H52N10/c1-4-25(19-35-21-31-14-10-27-6-2-7-28-11-15-32-22-35)18-26(5-1)20-36-23-33-16-12-29-8-3-9-30-13-17-34-24-36/h1,4-5,18,27-34H,2-3,6-17,19-24H2. The molecule has 206 valence electrons. The first-order chi connectivity index (χ1) is 17.9. The van der Waals surface area contributed by atoms with E-state index in [-0.39, 0.29) is 0 Å². The third-order valence-corrected chi connectivity index (χ3v) is 6.47. The van der Waals surface area contributed by atoms with Crippen LogP contribution in [0.2, 0.25) is 0 Å². The second-order valence-corrected chi connectivity index (χ2v) is 9.82. The van der Waals surface area contributed by atoms with Crippen LogP contribution in [0.25, 0.3) is 0 Å². The van der Waals surface area contributed by atoms with Gasteiger partial charge in [0.25, 0.3) is 0 Å². The van der Waals surface area contributed by atoms with Gasteiger partial charge in [0.1, 0.15) is 0 Å². The average molecular weight is 505 g/mol. The third kappa shape index (κ3) is 13.9. The molecule has 10 nitrogen and oxygen atoms in total. The molecular weight excluding hydrogens is 452 g/mol. The van der Waals surface area contributed by atoms with Crippen molar-refractivity contribution in [1.82, 2.24) is 52.3 Å². The van der Waals surface area contributed by atoms with Crippen LogP contribution < -0.4 is 42.5 Å². The molecule has 0 bridgehead atoms. The highest BCUT2D eigenvalue weighted by molar-refractivity contribution is 5.23. The highest BCUT2D eigenvalue weighted by Crippen LogP contribution is 2.10. The maximum absolute atomic E-state index is 3.60. The van der Waals surface area contributed by atoms with Crippen molar-refractivity contribution in [2.75, 3.05) is 105 Å². The van der Waals surface area contributed by atoms with E-state index in [0.717, 1.165) is 118 Å². The van der Waals surface area contributed by atoms with Gasteiger partial charge >= 0.3 is 0 Å². The first kappa shape index (κ1) is 29.4. The van der Waals surface area contributed by atoms with Crippen LogP contribution >= 0.6 is 0 Å². The van der Waals surface area contributed by atoms with Crippen molar-refractivity contribution in [2.45, 2.75) is 25.9 Å². The zero-order valence-corrected chi connectivity index (χ0v) is 22.3. The van der Waals surface area contributed by atoms with E-state index in [1.165, 1.54) is 24.0 Å². The molecule has 0 aliphatic carbocycles. The van der Waals surface area contributed by atoms with E-state index in [0.29, 0.717) is 0 Å². The fraction of sp³-hybridized carbons (Fsp3) is 0.769. The van der Waals surface area contributed by atoms with Crippen molar-refractivity contribution in [3.05, 3.63) is 35.4 Å². The number of nitrogens with one attached hydrogen (secondary N) is 8. The third-order valence-electron chi connectivity index (χ3n) is 6.47. The normalized spacial score (nSPS) is 22.9. The van der Waals surface area contributed by atoms with Crippen LogP contribution in [-0.4, -0.2) is 115 Å². The van der Waals surface area contributed by atoms with E-state index in [4.69, 9.17) is 0 Å². The molecule has 2 aliphatic rings. The Morgan fingerprint density at radius 3 is 1.14 bits per heavy atom. The van der Waals surface area contributed by atoms with Gasteiger partial charge < -0.3 is 42.5 Å². The first-order valence-corrected chi connectivity index (χ1v) is 14.1. The SMILES string of the molecule is c1cc(CN2CNCCNCCCNCCNC2)cc(CN2CNCCNCCCNCCNC2)c1. The molecule has 8 N–H and O–H groups in total. The minimum Gasteiger partial charge on any atom is -0.315 e. The van der Waals surface area contributed by atoms with Gasteiger partial charge in [-0.25, -0.2) is 0 Å². The lowest BCUT2D eigenvalue weighted by molar-refractivity contribution is 0.222. The fourth-order valence-electron chi connectivity index (χ4n) is 4.51. The van der Waals surface area contributed by atoms with E-state index < -0.39 is 0 Å². The van der Waals surface area contributed by atoms with E-state index in [2.05, 4.69) is 76.6 Å². The van der Waals surface area contributed by atoms with Gasteiger partial charge in [-0.2, -0.15) is 0 Å². The number of benzene rings is 1. The highest BCUT2D eigenvalue weighted by Gasteiger charge is 2.09. The van der Waals surface area contributed by atoms with Gasteiger partial charge in [-0.05, 0) is 50.1 Å². The van der Waals surface area contributed by atoms with Crippen molar-refractivity contribution in [3.8, 4) is 0 Å². The zero-order chi connectivity index (χ0) is 24.9. The molecule has 2 fully saturated rings. The molecule has 0 aromatic heterocycles. The molecule has 36 heavy (non-hydrogen) atoms. The van der Waals surface area contributed by atoms with Crippen molar-refractivity contribution in [2.24, 2.45) is 0 Å². The molecule has 2 saturated heterocycles. The van der Waals surface area contributed by atoms with Gasteiger partial charge in [0.05, 0.1) is 0 Å². The molecule has 10 heteroatoms. The second kappa shape index (κ2) is 19.9. The molecule has 1 aromatic rings. The summed E-state index contributed by atoms with van der Waals surface area (Å²) in [6, 6.07) is 9.11. The van der Waals surface area contributed by atoms with Gasteiger partial charge in [0, 0.05) is 92.1 Å². The topological polar surface area (TPSA) is 103 Å². The Balaban J connectivity index is 1.50. The zero-order valence-electron chi connectivity index (χ0n) is 22.3. The van der Waals surface area contributed by atoms with Crippen LogP contribution in [0.4, 0.5) is 0 Å². The smallest absolute Gasteiger partial charge is 0.0496 e. The van der Waals surface area contributed by atoms with Crippen LogP contribution in [0.15, 0.2) is 24.3 Å².